The van der Waals surface area contributed by atoms with Crippen molar-refractivity contribution < 1.29 is 9.47 Å². The zero-order valence-corrected chi connectivity index (χ0v) is 19.6. The van der Waals surface area contributed by atoms with Gasteiger partial charge in [-0.15, -0.1) is 0 Å². The molecule has 2 aromatic rings. The van der Waals surface area contributed by atoms with Crippen LogP contribution in [0.1, 0.15) is 23.1 Å². The molecular formula is C23H34N4O3S. The number of nitrogens with zero attached hydrogens (tertiary/aromatic N) is 2. The number of H-pyrrole nitrogens is 1. The molecule has 1 saturated heterocycles. The van der Waals surface area contributed by atoms with Crippen LogP contribution in [0.4, 0.5) is 0 Å². The van der Waals surface area contributed by atoms with Crippen molar-refractivity contribution in [3.8, 4) is 0 Å². The van der Waals surface area contributed by atoms with Crippen molar-refractivity contribution in [3.63, 3.8) is 0 Å². The van der Waals surface area contributed by atoms with Crippen molar-refractivity contribution in [2.75, 3.05) is 59.7 Å². The van der Waals surface area contributed by atoms with Gasteiger partial charge in [-0.3, -0.25) is 9.69 Å². The Labute approximate surface area is 189 Å². The fourth-order valence-electron chi connectivity index (χ4n) is 3.83. The first-order valence-electron chi connectivity index (χ1n) is 10.9. The van der Waals surface area contributed by atoms with Gasteiger partial charge in [-0.2, -0.15) is 0 Å². The predicted molar refractivity (Wildman–Crippen MR) is 129 cm³/mol. The summed E-state index contributed by atoms with van der Waals surface area (Å²) in [6, 6.07) is 6.15. The van der Waals surface area contributed by atoms with Crippen LogP contribution < -0.4 is 10.9 Å². The van der Waals surface area contributed by atoms with Crippen LogP contribution in [-0.2, 0) is 16.0 Å². The molecule has 8 heteroatoms. The van der Waals surface area contributed by atoms with Crippen molar-refractivity contribution in [3.05, 3.63) is 45.2 Å². The molecule has 3 rings (SSSR count). The van der Waals surface area contributed by atoms with E-state index in [1.165, 1.54) is 5.56 Å². The molecule has 1 fully saturated rings. The molecule has 0 saturated carbocycles. The number of nitrogens with one attached hydrogen (secondary N) is 2. The molecule has 0 radical (unpaired) electrons. The van der Waals surface area contributed by atoms with Gasteiger partial charge < -0.3 is 24.7 Å². The van der Waals surface area contributed by atoms with Crippen LogP contribution in [0.3, 0.4) is 0 Å². The van der Waals surface area contributed by atoms with Crippen LogP contribution >= 0.6 is 12.2 Å². The van der Waals surface area contributed by atoms with E-state index in [1.54, 1.807) is 7.11 Å². The molecule has 1 aliphatic rings. The number of hydrogen-bond donors (Lipinski definition) is 2. The number of pyridine rings is 1. The summed E-state index contributed by atoms with van der Waals surface area (Å²) in [6.07, 6.45) is 0.968. The van der Waals surface area contributed by atoms with Crippen LogP contribution in [0.5, 0.6) is 0 Å². The Morgan fingerprint density at radius 3 is 2.84 bits per heavy atom. The SMILES string of the molecule is COCCNC(=S)N(CCCN1CCOCC1)Cc1cc2ccc(C)c(C)c2[nH]c1=O. The molecule has 1 aromatic heterocycles. The second-order valence-corrected chi connectivity index (χ2v) is 8.44. The van der Waals surface area contributed by atoms with E-state index in [1.807, 2.05) is 13.0 Å². The lowest BCUT2D eigenvalue weighted by Gasteiger charge is -2.29. The van der Waals surface area contributed by atoms with Gasteiger partial charge in [-0.1, -0.05) is 12.1 Å². The van der Waals surface area contributed by atoms with Gasteiger partial charge in [0.1, 0.15) is 0 Å². The minimum Gasteiger partial charge on any atom is -0.383 e. The quantitative estimate of drug-likeness (QED) is 0.452. The molecular weight excluding hydrogens is 412 g/mol. The lowest BCUT2D eigenvalue weighted by atomic mass is 10.0. The van der Waals surface area contributed by atoms with Gasteiger partial charge in [0.2, 0.25) is 0 Å². The first-order valence-corrected chi connectivity index (χ1v) is 11.3. The minimum absolute atomic E-state index is 0.0564. The highest BCUT2D eigenvalue weighted by molar-refractivity contribution is 7.80. The molecule has 2 N–H and O–H groups in total. The van der Waals surface area contributed by atoms with E-state index in [0.29, 0.717) is 24.8 Å². The van der Waals surface area contributed by atoms with Crippen LogP contribution in [-0.4, -0.2) is 79.6 Å². The van der Waals surface area contributed by atoms with E-state index in [-0.39, 0.29) is 5.56 Å². The predicted octanol–water partition coefficient (Wildman–Crippen LogP) is 2.19. The standard InChI is InChI=1S/C23H34N4O3S/c1-17-5-6-19-15-20(22(28)25-21(19)18(17)2)16-27(23(31)24-7-12-29-3)9-4-8-26-10-13-30-14-11-26/h5-6,15H,4,7-14,16H2,1-3H3,(H,24,31)(H,25,28). The molecule has 2 heterocycles. The topological polar surface area (TPSA) is 69.8 Å². The van der Waals surface area contributed by atoms with E-state index in [0.717, 1.165) is 67.8 Å². The number of aryl methyl sites for hydroxylation is 2. The van der Waals surface area contributed by atoms with Crippen molar-refractivity contribution >= 4 is 28.2 Å². The Bertz CT molecular complexity index is 940. The van der Waals surface area contributed by atoms with Gasteiger partial charge in [0.15, 0.2) is 5.11 Å². The maximum atomic E-state index is 12.8. The number of rotatable bonds is 9. The summed E-state index contributed by atoms with van der Waals surface area (Å²) < 4.78 is 10.6. The number of methoxy groups -OCH3 is 1. The molecule has 1 aliphatic heterocycles. The van der Waals surface area contributed by atoms with E-state index in [9.17, 15) is 4.79 Å². The number of ether oxygens (including phenoxy) is 2. The van der Waals surface area contributed by atoms with Gasteiger partial charge in [0.25, 0.3) is 5.56 Å². The van der Waals surface area contributed by atoms with Crippen LogP contribution in [0.15, 0.2) is 23.0 Å². The fraction of sp³-hybridized carbons (Fsp3) is 0.565. The molecule has 7 nitrogen and oxygen atoms in total. The van der Waals surface area contributed by atoms with E-state index < -0.39 is 0 Å². The van der Waals surface area contributed by atoms with Crippen molar-refractivity contribution in [2.24, 2.45) is 0 Å². The highest BCUT2D eigenvalue weighted by Gasteiger charge is 2.15. The van der Waals surface area contributed by atoms with Crippen LogP contribution in [0.2, 0.25) is 0 Å². The molecule has 0 spiro atoms. The molecule has 0 aliphatic carbocycles. The normalized spacial score (nSPS) is 14.7. The lowest BCUT2D eigenvalue weighted by molar-refractivity contribution is 0.0367. The zero-order chi connectivity index (χ0) is 22.2. The van der Waals surface area contributed by atoms with Crippen molar-refractivity contribution in [2.45, 2.75) is 26.8 Å². The number of hydrogen-bond acceptors (Lipinski definition) is 5. The molecule has 0 atom stereocenters. The first-order chi connectivity index (χ1) is 15.0. The van der Waals surface area contributed by atoms with Crippen LogP contribution in [0, 0.1) is 13.8 Å². The van der Waals surface area contributed by atoms with E-state index >= 15 is 0 Å². The Morgan fingerprint density at radius 1 is 1.32 bits per heavy atom. The summed E-state index contributed by atoms with van der Waals surface area (Å²) in [7, 11) is 1.67. The number of aromatic nitrogens is 1. The number of morpholine rings is 1. The number of fused-ring (bicyclic) bond motifs is 1. The number of benzene rings is 1. The average Bonchev–Trinajstić information content (AvgIpc) is 2.77. The molecule has 31 heavy (non-hydrogen) atoms. The molecule has 1 aromatic carbocycles. The second kappa shape index (κ2) is 11.6. The zero-order valence-electron chi connectivity index (χ0n) is 18.8. The molecule has 0 bridgehead atoms. The first kappa shape index (κ1) is 23.7. The largest absolute Gasteiger partial charge is 0.383 e. The molecule has 0 unspecified atom stereocenters. The van der Waals surface area contributed by atoms with Gasteiger partial charge in [-0.05, 0) is 55.1 Å². The maximum Gasteiger partial charge on any atom is 0.253 e. The Kier molecular flexibility index (Phi) is 8.83. The summed E-state index contributed by atoms with van der Waals surface area (Å²) in [4.78, 5) is 20.4. The molecule has 170 valence electrons. The summed E-state index contributed by atoms with van der Waals surface area (Å²) in [6.45, 7) is 11.1. The second-order valence-electron chi connectivity index (χ2n) is 8.05. The summed E-state index contributed by atoms with van der Waals surface area (Å²) in [5.74, 6) is 0. The van der Waals surface area contributed by atoms with Gasteiger partial charge >= 0.3 is 0 Å². The lowest BCUT2D eigenvalue weighted by Crippen LogP contribution is -2.43. The summed E-state index contributed by atoms with van der Waals surface area (Å²) in [5, 5.41) is 4.95. The van der Waals surface area contributed by atoms with Crippen molar-refractivity contribution in [1.29, 1.82) is 0 Å². The maximum absolute atomic E-state index is 12.8. The number of aromatic amines is 1. The third kappa shape index (κ3) is 6.49. The van der Waals surface area contributed by atoms with Crippen LogP contribution in [0.25, 0.3) is 10.9 Å². The van der Waals surface area contributed by atoms with Gasteiger partial charge in [-0.25, -0.2) is 0 Å². The van der Waals surface area contributed by atoms with E-state index in [2.05, 4.69) is 39.2 Å². The fourth-order valence-corrected chi connectivity index (χ4v) is 4.09. The smallest absolute Gasteiger partial charge is 0.253 e. The summed E-state index contributed by atoms with van der Waals surface area (Å²) >= 11 is 5.65. The third-order valence-corrected chi connectivity index (χ3v) is 6.27. The highest BCUT2D eigenvalue weighted by Crippen LogP contribution is 2.19. The third-order valence-electron chi connectivity index (χ3n) is 5.86. The summed E-state index contributed by atoms with van der Waals surface area (Å²) in [5.41, 5.74) is 3.86. The Morgan fingerprint density at radius 2 is 2.10 bits per heavy atom. The Hall–Kier alpha value is -2.00. The van der Waals surface area contributed by atoms with Crippen molar-refractivity contribution in [1.82, 2.24) is 20.1 Å². The molecule has 0 amide bonds. The van der Waals surface area contributed by atoms with Gasteiger partial charge in [0.05, 0.1) is 31.9 Å². The van der Waals surface area contributed by atoms with E-state index in [4.69, 9.17) is 21.7 Å². The average molecular weight is 447 g/mol. The highest BCUT2D eigenvalue weighted by atomic mass is 32.1. The number of thiocarbonyl (C=S) groups is 1. The Balaban J connectivity index is 1.73. The van der Waals surface area contributed by atoms with Gasteiger partial charge in [0, 0.05) is 45.4 Å². The monoisotopic (exact) mass is 446 g/mol. The minimum atomic E-state index is -0.0564.